The fourth-order valence-electron chi connectivity index (χ4n) is 0.606. The highest BCUT2D eigenvalue weighted by atomic mass is 15.6. The zero-order valence-corrected chi connectivity index (χ0v) is 5.81. The van der Waals surface area contributed by atoms with Gasteiger partial charge in [-0.1, -0.05) is 6.92 Å². The number of hydrogen-bond donors (Lipinski definition) is 2. The van der Waals surface area contributed by atoms with Gasteiger partial charge in [0.2, 0.25) is 0 Å². The lowest BCUT2D eigenvalue weighted by Crippen LogP contribution is -2.46. The standard InChI is InChI=1S/C5H15N3/c1-4-8(7-6)5(2)3/h5,7H,4,6H2,1-3H3. The Hall–Kier alpha value is -0.120. The lowest BCUT2D eigenvalue weighted by molar-refractivity contribution is 0.154. The van der Waals surface area contributed by atoms with Gasteiger partial charge >= 0.3 is 0 Å². The number of hydrogen-bond acceptors (Lipinski definition) is 3. The average molecular weight is 117 g/mol. The minimum atomic E-state index is 0.477. The maximum atomic E-state index is 5.16. The molecule has 8 heavy (non-hydrogen) atoms. The van der Waals surface area contributed by atoms with Gasteiger partial charge in [-0.25, -0.2) is 5.01 Å². The molecule has 0 heterocycles. The van der Waals surface area contributed by atoms with Crippen molar-refractivity contribution in [2.45, 2.75) is 26.8 Å². The Balaban J connectivity index is 3.35. The molecule has 3 heteroatoms. The van der Waals surface area contributed by atoms with E-state index in [1.807, 2.05) is 5.01 Å². The quantitative estimate of drug-likeness (QED) is 0.407. The zero-order valence-electron chi connectivity index (χ0n) is 5.81. The predicted molar refractivity (Wildman–Crippen MR) is 34.8 cm³/mol. The van der Waals surface area contributed by atoms with Gasteiger partial charge in [-0.15, -0.1) is 0 Å². The van der Waals surface area contributed by atoms with Crippen molar-refractivity contribution in [2.75, 3.05) is 6.54 Å². The molecule has 0 aliphatic carbocycles. The third kappa shape index (κ3) is 2.26. The smallest absolute Gasteiger partial charge is 0.0200 e. The summed E-state index contributed by atoms with van der Waals surface area (Å²) in [7, 11) is 0. The molecule has 0 aromatic heterocycles. The van der Waals surface area contributed by atoms with Crippen molar-refractivity contribution in [1.82, 2.24) is 10.5 Å². The molecule has 0 amide bonds. The van der Waals surface area contributed by atoms with E-state index >= 15 is 0 Å². The van der Waals surface area contributed by atoms with Crippen molar-refractivity contribution in [3.63, 3.8) is 0 Å². The highest BCUT2D eigenvalue weighted by Gasteiger charge is 2.01. The van der Waals surface area contributed by atoms with Crippen molar-refractivity contribution in [3.8, 4) is 0 Å². The van der Waals surface area contributed by atoms with Gasteiger partial charge in [-0.2, -0.15) is 5.53 Å². The topological polar surface area (TPSA) is 41.3 Å². The molecule has 3 nitrogen and oxygen atoms in total. The van der Waals surface area contributed by atoms with Gasteiger partial charge in [0.15, 0.2) is 0 Å². The van der Waals surface area contributed by atoms with Crippen LogP contribution in [0.2, 0.25) is 0 Å². The molecule has 0 fully saturated rings. The molecular formula is C5H15N3. The van der Waals surface area contributed by atoms with E-state index in [2.05, 4.69) is 26.3 Å². The normalized spacial score (nSPS) is 11.2. The van der Waals surface area contributed by atoms with Crippen molar-refractivity contribution >= 4 is 0 Å². The van der Waals surface area contributed by atoms with Crippen molar-refractivity contribution in [3.05, 3.63) is 0 Å². The Labute approximate surface area is 50.8 Å². The molecule has 0 unspecified atom stereocenters. The Morgan fingerprint density at radius 1 is 1.62 bits per heavy atom. The van der Waals surface area contributed by atoms with E-state index in [1.54, 1.807) is 0 Å². The average Bonchev–Trinajstić information content (AvgIpc) is 1.69. The molecule has 0 radical (unpaired) electrons. The first kappa shape index (κ1) is 7.88. The molecule has 0 rings (SSSR count). The number of hydrazine groups is 2. The summed E-state index contributed by atoms with van der Waals surface area (Å²) in [6.07, 6.45) is 0. The Morgan fingerprint density at radius 2 is 2.12 bits per heavy atom. The number of nitrogens with one attached hydrogen (secondary N) is 1. The number of nitrogens with zero attached hydrogens (tertiary/aromatic N) is 1. The van der Waals surface area contributed by atoms with Gasteiger partial charge in [-0.05, 0) is 13.8 Å². The van der Waals surface area contributed by atoms with E-state index in [0.717, 1.165) is 6.54 Å². The van der Waals surface area contributed by atoms with Gasteiger partial charge in [0.25, 0.3) is 0 Å². The number of nitrogens with two attached hydrogens (primary N) is 1. The summed E-state index contributed by atoms with van der Waals surface area (Å²) in [5.74, 6) is 5.16. The molecule has 0 saturated heterocycles. The van der Waals surface area contributed by atoms with Crippen LogP contribution in [0.3, 0.4) is 0 Å². The molecule has 3 N–H and O–H groups in total. The predicted octanol–water partition coefficient (Wildman–Crippen LogP) is 0.0950. The second-order valence-electron chi connectivity index (χ2n) is 2.01. The van der Waals surface area contributed by atoms with E-state index in [0.29, 0.717) is 6.04 Å². The van der Waals surface area contributed by atoms with Crippen LogP contribution in [0, 0.1) is 0 Å². The number of rotatable bonds is 3. The van der Waals surface area contributed by atoms with E-state index < -0.39 is 0 Å². The molecule has 0 spiro atoms. The maximum Gasteiger partial charge on any atom is 0.0200 e. The van der Waals surface area contributed by atoms with Gasteiger partial charge in [-0.3, -0.25) is 5.84 Å². The van der Waals surface area contributed by atoms with Crippen molar-refractivity contribution in [2.24, 2.45) is 5.84 Å². The summed E-state index contributed by atoms with van der Waals surface area (Å²) in [5, 5.41) is 1.94. The third-order valence-corrected chi connectivity index (χ3v) is 1.13. The van der Waals surface area contributed by atoms with Crippen molar-refractivity contribution in [1.29, 1.82) is 0 Å². The van der Waals surface area contributed by atoms with E-state index in [1.165, 1.54) is 0 Å². The SMILES string of the molecule is CCN(NN)C(C)C. The van der Waals surface area contributed by atoms with Crippen LogP contribution >= 0.6 is 0 Å². The Morgan fingerprint density at radius 3 is 2.12 bits per heavy atom. The van der Waals surface area contributed by atoms with Crippen LogP contribution in [0.4, 0.5) is 0 Å². The molecule has 0 atom stereocenters. The van der Waals surface area contributed by atoms with Gasteiger partial charge in [0.1, 0.15) is 0 Å². The summed E-state index contributed by atoms with van der Waals surface area (Å²) in [6.45, 7) is 7.17. The van der Waals surface area contributed by atoms with Gasteiger partial charge in [0, 0.05) is 12.6 Å². The van der Waals surface area contributed by atoms with Crippen LogP contribution in [0.1, 0.15) is 20.8 Å². The van der Waals surface area contributed by atoms with Crippen LogP contribution in [0.25, 0.3) is 0 Å². The highest BCUT2D eigenvalue weighted by Crippen LogP contribution is 1.88. The summed E-state index contributed by atoms with van der Waals surface area (Å²) in [4.78, 5) is 0. The van der Waals surface area contributed by atoms with Crippen LogP contribution in [0.15, 0.2) is 0 Å². The second-order valence-corrected chi connectivity index (χ2v) is 2.01. The van der Waals surface area contributed by atoms with Crippen LogP contribution in [-0.4, -0.2) is 17.6 Å². The molecule has 0 aromatic carbocycles. The van der Waals surface area contributed by atoms with E-state index in [9.17, 15) is 0 Å². The van der Waals surface area contributed by atoms with Gasteiger partial charge < -0.3 is 0 Å². The van der Waals surface area contributed by atoms with Crippen LogP contribution < -0.4 is 11.4 Å². The lowest BCUT2D eigenvalue weighted by Gasteiger charge is -2.22. The fraction of sp³-hybridized carbons (Fsp3) is 1.00. The maximum absolute atomic E-state index is 5.16. The monoisotopic (exact) mass is 117 g/mol. The summed E-state index contributed by atoms with van der Waals surface area (Å²) in [6, 6.07) is 0.477. The first-order valence-corrected chi connectivity index (χ1v) is 2.95. The summed E-state index contributed by atoms with van der Waals surface area (Å²) in [5.41, 5.74) is 2.58. The molecule has 50 valence electrons. The minimum absolute atomic E-state index is 0.477. The summed E-state index contributed by atoms with van der Waals surface area (Å²) >= 11 is 0. The highest BCUT2D eigenvalue weighted by molar-refractivity contribution is 4.50. The van der Waals surface area contributed by atoms with Crippen LogP contribution in [0.5, 0.6) is 0 Å². The van der Waals surface area contributed by atoms with E-state index in [-0.39, 0.29) is 0 Å². The largest absolute Gasteiger partial charge is 0.258 e. The van der Waals surface area contributed by atoms with Crippen molar-refractivity contribution < 1.29 is 0 Å². The molecule has 0 bridgehead atoms. The molecule has 0 aromatic rings. The fourth-order valence-corrected chi connectivity index (χ4v) is 0.606. The zero-order chi connectivity index (χ0) is 6.57. The molecular weight excluding hydrogens is 102 g/mol. The lowest BCUT2D eigenvalue weighted by atomic mass is 10.4. The van der Waals surface area contributed by atoms with Gasteiger partial charge in [0.05, 0.1) is 0 Å². The molecule has 0 aliphatic heterocycles. The first-order chi connectivity index (χ1) is 3.72. The van der Waals surface area contributed by atoms with Crippen LogP contribution in [-0.2, 0) is 0 Å². The van der Waals surface area contributed by atoms with E-state index in [4.69, 9.17) is 5.84 Å². The Bertz CT molecular complexity index is 49.6. The summed E-state index contributed by atoms with van der Waals surface area (Å²) < 4.78 is 0. The third-order valence-electron chi connectivity index (χ3n) is 1.13. The second kappa shape index (κ2) is 3.83. The first-order valence-electron chi connectivity index (χ1n) is 2.95. The minimum Gasteiger partial charge on any atom is -0.258 e. The molecule has 0 aliphatic rings. The molecule has 0 saturated carbocycles. The Kier molecular flexibility index (Phi) is 3.77.